The zero-order chi connectivity index (χ0) is 22.9. The fourth-order valence-electron chi connectivity index (χ4n) is 3.63. The van der Waals surface area contributed by atoms with E-state index in [1.165, 1.54) is 16.7 Å². The highest BCUT2D eigenvalue weighted by Crippen LogP contribution is 2.35. The largest absolute Gasteiger partial charge is 0.496 e. The molecule has 0 aliphatic heterocycles. The van der Waals surface area contributed by atoms with Crippen molar-refractivity contribution < 1.29 is 19.3 Å². The molecule has 1 atom stereocenters. The molecule has 1 unspecified atom stereocenters. The molecule has 0 fully saturated rings. The number of aliphatic hydroxyl groups excluding tert-OH is 1. The Morgan fingerprint density at radius 3 is 2.28 bits per heavy atom. The summed E-state index contributed by atoms with van der Waals surface area (Å²) in [6.45, 7) is 3.32. The van der Waals surface area contributed by atoms with Crippen molar-refractivity contribution in [3.63, 3.8) is 0 Å². The molecule has 170 valence electrons. The van der Waals surface area contributed by atoms with Crippen molar-refractivity contribution in [2.24, 2.45) is 5.73 Å². The van der Waals surface area contributed by atoms with E-state index in [2.05, 4.69) is 42.6 Å². The van der Waals surface area contributed by atoms with Crippen LogP contribution in [0.5, 0.6) is 17.2 Å². The number of nitrogens with two attached hydrogens (primary N) is 1. The van der Waals surface area contributed by atoms with Gasteiger partial charge in [0, 0.05) is 18.7 Å². The Hall–Kier alpha value is -3.06. The average Bonchev–Trinajstić information content (AvgIpc) is 2.82. The predicted molar refractivity (Wildman–Crippen MR) is 127 cm³/mol. The lowest BCUT2D eigenvalue weighted by atomic mass is 9.97. The highest BCUT2D eigenvalue weighted by Gasteiger charge is 2.15. The van der Waals surface area contributed by atoms with E-state index in [4.69, 9.17) is 19.9 Å². The lowest BCUT2D eigenvalue weighted by molar-refractivity contribution is 0.128. The second-order valence-electron chi connectivity index (χ2n) is 7.52. The summed E-state index contributed by atoms with van der Waals surface area (Å²) in [7, 11) is 3.21. The molecule has 32 heavy (non-hydrogen) atoms. The number of hydrogen-bond donors (Lipinski definition) is 3. The Bertz CT molecular complexity index is 983. The monoisotopic (exact) mass is 436 g/mol. The van der Waals surface area contributed by atoms with Crippen molar-refractivity contribution in [3.05, 3.63) is 77.4 Å². The van der Waals surface area contributed by atoms with Gasteiger partial charge in [0.05, 0.1) is 19.8 Å². The van der Waals surface area contributed by atoms with Crippen LogP contribution >= 0.6 is 0 Å². The van der Waals surface area contributed by atoms with Gasteiger partial charge in [-0.25, -0.2) is 0 Å². The van der Waals surface area contributed by atoms with Gasteiger partial charge in [0.25, 0.3) is 0 Å². The van der Waals surface area contributed by atoms with Gasteiger partial charge in [0.15, 0.2) is 0 Å². The second kappa shape index (κ2) is 11.5. The van der Waals surface area contributed by atoms with E-state index in [9.17, 15) is 5.11 Å². The Balaban J connectivity index is 1.78. The normalized spacial score (nSPS) is 11.8. The molecular formula is C26H32N2O4. The highest BCUT2D eigenvalue weighted by molar-refractivity contribution is 5.68. The number of aliphatic hydroxyl groups is 1. The SMILES string of the molecule is COc1cc(OCc2cccc(-c3ccccc3)c2C)cc(OC)c1CNC(O)CCN. The summed E-state index contributed by atoms with van der Waals surface area (Å²) < 4.78 is 17.3. The fourth-order valence-corrected chi connectivity index (χ4v) is 3.63. The third-order valence-electron chi connectivity index (χ3n) is 5.46. The molecule has 0 radical (unpaired) electrons. The summed E-state index contributed by atoms with van der Waals surface area (Å²) in [4.78, 5) is 0. The highest BCUT2D eigenvalue weighted by atomic mass is 16.5. The van der Waals surface area contributed by atoms with E-state index in [0.717, 1.165) is 11.1 Å². The number of nitrogens with one attached hydrogen (secondary N) is 1. The van der Waals surface area contributed by atoms with Gasteiger partial charge in [-0.1, -0.05) is 48.5 Å². The summed E-state index contributed by atoms with van der Waals surface area (Å²) in [5.41, 5.74) is 11.0. The number of benzene rings is 3. The van der Waals surface area contributed by atoms with Gasteiger partial charge < -0.3 is 25.1 Å². The van der Waals surface area contributed by atoms with Crippen LogP contribution in [0.3, 0.4) is 0 Å². The summed E-state index contributed by atoms with van der Waals surface area (Å²) in [6, 6.07) is 20.3. The summed E-state index contributed by atoms with van der Waals surface area (Å²) in [5.74, 6) is 1.90. The Morgan fingerprint density at radius 2 is 1.66 bits per heavy atom. The molecule has 0 heterocycles. The summed E-state index contributed by atoms with van der Waals surface area (Å²) in [6.07, 6.45) is -0.224. The van der Waals surface area contributed by atoms with Crippen LogP contribution in [0, 0.1) is 6.92 Å². The molecule has 6 heteroatoms. The standard InChI is InChI=1S/C26H32N2O4/c1-18-20(10-7-11-22(18)19-8-5-4-6-9-19)17-32-21-14-24(30-2)23(25(15-21)31-3)16-28-26(29)12-13-27/h4-11,14-15,26,28-29H,12-13,16-17,27H2,1-3H3. The van der Waals surface area contributed by atoms with Crippen LogP contribution in [0.25, 0.3) is 11.1 Å². The third-order valence-corrected chi connectivity index (χ3v) is 5.46. The molecule has 3 aromatic rings. The minimum atomic E-state index is -0.690. The topological polar surface area (TPSA) is 86.0 Å². The van der Waals surface area contributed by atoms with Crippen LogP contribution in [0.15, 0.2) is 60.7 Å². The molecule has 0 aliphatic rings. The van der Waals surface area contributed by atoms with Gasteiger partial charge in [-0.05, 0) is 42.1 Å². The minimum Gasteiger partial charge on any atom is -0.496 e. The molecule has 6 nitrogen and oxygen atoms in total. The molecule has 3 aromatic carbocycles. The van der Waals surface area contributed by atoms with E-state index >= 15 is 0 Å². The molecule has 0 amide bonds. The molecule has 0 saturated carbocycles. The van der Waals surface area contributed by atoms with E-state index in [0.29, 0.717) is 43.4 Å². The van der Waals surface area contributed by atoms with Gasteiger partial charge in [-0.2, -0.15) is 0 Å². The maximum atomic E-state index is 9.94. The van der Waals surface area contributed by atoms with Crippen LogP contribution in [-0.2, 0) is 13.2 Å². The van der Waals surface area contributed by atoms with Crippen molar-refractivity contribution in [2.75, 3.05) is 20.8 Å². The molecule has 0 bridgehead atoms. The van der Waals surface area contributed by atoms with Gasteiger partial charge >= 0.3 is 0 Å². The summed E-state index contributed by atoms with van der Waals surface area (Å²) >= 11 is 0. The minimum absolute atomic E-state index is 0.381. The quantitative estimate of drug-likeness (QED) is 0.394. The van der Waals surface area contributed by atoms with Gasteiger partial charge in [0.2, 0.25) is 0 Å². The second-order valence-corrected chi connectivity index (χ2v) is 7.52. The first-order valence-corrected chi connectivity index (χ1v) is 10.7. The van der Waals surface area contributed by atoms with Crippen molar-refractivity contribution >= 4 is 0 Å². The molecule has 0 aromatic heterocycles. The average molecular weight is 437 g/mol. The van der Waals surface area contributed by atoms with E-state index in [-0.39, 0.29) is 0 Å². The van der Waals surface area contributed by atoms with Crippen molar-refractivity contribution in [2.45, 2.75) is 32.7 Å². The molecule has 0 aliphatic carbocycles. The van der Waals surface area contributed by atoms with Crippen LogP contribution in [0.4, 0.5) is 0 Å². The van der Waals surface area contributed by atoms with Gasteiger partial charge in [0.1, 0.15) is 30.1 Å². The molecule has 4 N–H and O–H groups in total. The molecule has 0 spiro atoms. The third kappa shape index (κ3) is 5.79. The first-order valence-electron chi connectivity index (χ1n) is 10.7. The maximum absolute atomic E-state index is 9.94. The number of hydrogen-bond acceptors (Lipinski definition) is 6. The Labute approximate surface area is 189 Å². The predicted octanol–water partition coefficient (Wildman–Crippen LogP) is 4.02. The van der Waals surface area contributed by atoms with Crippen molar-refractivity contribution in [3.8, 4) is 28.4 Å². The zero-order valence-electron chi connectivity index (χ0n) is 18.9. The smallest absolute Gasteiger partial charge is 0.130 e. The first kappa shape index (κ1) is 23.6. The Kier molecular flexibility index (Phi) is 8.50. The van der Waals surface area contributed by atoms with Crippen LogP contribution < -0.4 is 25.3 Å². The Morgan fingerprint density at radius 1 is 0.969 bits per heavy atom. The van der Waals surface area contributed by atoms with Crippen molar-refractivity contribution in [1.29, 1.82) is 0 Å². The maximum Gasteiger partial charge on any atom is 0.130 e. The van der Waals surface area contributed by atoms with Crippen LogP contribution in [0.1, 0.15) is 23.1 Å². The van der Waals surface area contributed by atoms with E-state index in [1.807, 2.05) is 30.3 Å². The van der Waals surface area contributed by atoms with Crippen LogP contribution in [-0.4, -0.2) is 32.1 Å². The molecule has 0 saturated heterocycles. The lowest BCUT2D eigenvalue weighted by Crippen LogP contribution is -2.30. The fraction of sp³-hybridized carbons (Fsp3) is 0.308. The first-order chi connectivity index (χ1) is 15.6. The number of ether oxygens (including phenoxy) is 3. The number of rotatable bonds is 11. The van der Waals surface area contributed by atoms with Crippen molar-refractivity contribution in [1.82, 2.24) is 5.32 Å². The molecule has 3 rings (SSSR count). The van der Waals surface area contributed by atoms with Gasteiger partial charge in [-0.3, -0.25) is 5.32 Å². The van der Waals surface area contributed by atoms with Gasteiger partial charge in [-0.15, -0.1) is 0 Å². The zero-order valence-corrected chi connectivity index (χ0v) is 18.9. The van der Waals surface area contributed by atoms with E-state index in [1.54, 1.807) is 14.2 Å². The molecular weight excluding hydrogens is 404 g/mol. The lowest BCUT2D eigenvalue weighted by Gasteiger charge is -2.18. The van der Waals surface area contributed by atoms with Crippen LogP contribution in [0.2, 0.25) is 0 Å². The van der Waals surface area contributed by atoms with E-state index < -0.39 is 6.23 Å². The summed E-state index contributed by atoms with van der Waals surface area (Å²) in [5, 5.41) is 13.0. The number of methoxy groups -OCH3 is 2.